The zero-order valence-corrected chi connectivity index (χ0v) is 11.0. The Labute approximate surface area is 99.6 Å². The number of methoxy groups -OCH3 is 1. The van der Waals surface area contributed by atoms with Gasteiger partial charge in [0.1, 0.15) is 0 Å². The molecule has 0 fully saturated rings. The number of hydrogen-bond donors (Lipinski definition) is 1. The van der Waals surface area contributed by atoms with Crippen LogP contribution in [0.25, 0.3) is 0 Å². The van der Waals surface area contributed by atoms with Crippen LogP contribution in [0.15, 0.2) is 0 Å². The molecule has 0 rings (SSSR count). The summed E-state index contributed by atoms with van der Waals surface area (Å²) in [6.07, 6.45) is 1.93. The van der Waals surface area contributed by atoms with Crippen molar-refractivity contribution in [2.24, 2.45) is 0 Å². The summed E-state index contributed by atoms with van der Waals surface area (Å²) in [6, 6.07) is 2.66. The summed E-state index contributed by atoms with van der Waals surface area (Å²) in [5, 5.41) is 12.2. The van der Waals surface area contributed by atoms with E-state index >= 15 is 0 Å². The van der Waals surface area contributed by atoms with Gasteiger partial charge in [-0.25, -0.2) is 0 Å². The number of nitrogens with one attached hydrogen (secondary N) is 1. The fraction of sp³-hybridized carbons (Fsp3) is 0.917. The van der Waals surface area contributed by atoms with E-state index in [2.05, 4.69) is 37.2 Å². The minimum atomic E-state index is -0.0304. The number of nitrogens with zero attached hydrogens (tertiary/aromatic N) is 2. The minimum Gasteiger partial charge on any atom is -0.383 e. The van der Waals surface area contributed by atoms with Crippen molar-refractivity contribution in [1.82, 2.24) is 10.2 Å². The van der Waals surface area contributed by atoms with E-state index in [1.807, 2.05) is 0 Å². The normalized spacial score (nSPS) is 14.8. The van der Waals surface area contributed by atoms with Crippen LogP contribution in [-0.2, 0) is 4.74 Å². The Morgan fingerprint density at radius 1 is 1.50 bits per heavy atom. The number of rotatable bonds is 9. The van der Waals surface area contributed by atoms with Crippen LogP contribution in [0.1, 0.15) is 26.7 Å². The molecule has 0 saturated heterocycles. The van der Waals surface area contributed by atoms with Gasteiger partial charge in [-0.3, -0.25) is 0 Å². The molecule has 0 aromatic rings. The third-order valence-electron chi connectivity index (χ3n) is 2.73. The highest BCUT2D eigenvalue weighted by atomic mass is 16.5. The van der Waals surface area contributed by atoms with Gasteiger partial charge in [0.05, 0.1) is 18.7 Å². The monoisotopic (exact) mass is 227 g/mol. The molecule has 0 aliphatic carbocycles. The highest BCUT2D eigenvalue weighted by Gasteiger charge is 2.11. The van der Waals surface area contributed by atoms with Crippen molar-refractivity contribution in [3.05, 3.63) is 0 Å². The second-order valence-electron chi connectivity index (χ2n) is 4.21. The summed E-state index contributed by atoms with van der Waals surface area (Å²) in [6.45, 7) is 6.80. The highest BCUT2D eigenvalue weighted by Crippen LogP contribution is 2.00. The summed E-state index contributed by atoms with van der Waals surface area (Å²) < 4.78 is 5.10. The van der Waals surface area contributed by atoms with E-state index in [0.29, 0.717) is 6.04 Å². The van der Waals surface area contributed by atoms with Crippen LogP contribution >= 0.6 is 0 Å². The summed E-state index contributed by atoms with van der Waals surface area (Å²) in [4.78, 5) is 2.22. The maximum Gasteiger partial charge on any atom is 0.0965 e. The van der Waals surface area contributed by atoms with E-state index in [0.717, 1.165) is 32.5 Å². The molecule has 0 aromatic heterocycles. The molecule has 0 aromatic carbocycles. The molecule has 4 nitrogen and oxygen atoms in total. The molecule has 0 spiro atoms. The molecule has 0 bridgehead atoms. The number of ether oxygens (including phenoxy) is 1. The molecule has 0 heterocycles. The first-order valence-electron chi connectivity index (χ1n) is 5.97. The van der Waals surface area contributed by atoms with Gasteiger partial charge in [0.25, 0.3) is 0 Å². The fourth-order valence-electron chi connectivity index (χ4n) is 1.45. The van der Waals surface area contributed by atoms with E-state index in [1.165, 1.54) is 0 Å². The van der Waals surface area contributed by atoms with Gasteiger partial charge in [-0.05, 0) is 33.4 Å². The molecule has 2 unspecified atom stereocenters. The first-order valence-corrected chi connectivity index (χ1v) is 5.97. The molecule has 0 saturated carbocycles. The number of nitriles is 1. The quantitative estimate of drug-likeness (QED) is 0.644. The van der Waals surface area contributed by atoms with Crippen LogP contribution in [0.2, 0.25) is 0 Å². The van der Waals surface area contributed by atoms with Crippen LogP contribution in [0.3, 0.4) is 0 Å². The lowest BCUT2D eigenvalue weighted by atomic mass is 10.2. The fourth-order valence-corrected chi connectivity index (χ4v) is 1.45. The molecule has 16 heavy (non-hydrogen) atoms. The zero-order chi connectivity index (χ0) is 12.4. The smallest absolute Gasteiger partial charge is 0.0965 e. The molecule has 0 radical (unpaired) electrons. The van der Waals surface area contributed by atoms with Crippen LogP contribution < -0.4 is 5.32 Å². The van der Waals surface area contributed by atoms with Gasteiger partial charge < -0.3 is 15.0 Å². The first-order chi connectivity index (χ1) is 7.65. The third kappa shape index (κ3) is 6.78. The predicted octanol–water partition coefficient (Wildman–Crippen LogP) is 1.23. The Bertz CT molecular complexity index is 203. The van der Waals surface area contributed by atoms with Crippen LogP contribution in [0, 0.1) is 11.3 Å². The molecule has 1 N–H and O–H groups in total. The van der Waals surface area contributed by atoms with Crippen molar-refractivity contribution in [2.75, 3.05) is 33.9 Å². The van der Waals surface area contributed by atoms with Crippen molar-refractivity contribution < 1.29 is 4.74 Å². The van der Waals surface area contributed by atoms with Crippen molar-refractivity contribution in [1.29, 1.82) is 5.26 Å². The van der Waals surface area contributed by atoms with Crippen molar-refractivity contribution in [3.63, 3.8) is 0 Å². The molecule has 2 atom stereocenters. The van der Waals surface area contributed by atoms with Gasteiger partial charge in [0, 0.05) is 19.7 Å². The predicted molar refractivity (Wildman–Crippen MR) is 66.3 cm³/mol. The Morgan fingerprint density at radius 3 is 2.69 bits per heavy atom. The average Bonchev–Trinajstić information content (AvgIpc) is 2.29. The zero-order valence-electron chi connectivity index (χ0n) is 11.0. The SMILES string of the molecule is CCCNC(C#N)CCN(C)C(C)COC. The third-order valence-corrected chi connectivity index (χ3v) is 2.73. The standard InChI is InChI=1S/C12H25N3O/c1-5-7-14-12(9-13)6-8-15(3)11(2)10-16-4/h11-12,14H,5-8,10H2,1-4H3. The molecule has 0 aliphatic rings. The van der Waals surface area contributed by atoms with E-state index in [4.69, 9.17) is 10.00 Å². The Morgan fingerprint density at radius 2 is 2.19 bits per heavy atom. The summed E-state index contributed by atoms with van der Waals surface area (Å²) >= 11 is 0. The highest BCUT2D eigenvalue weighted by molar-refractivity contribution is 4.90. The van der Waals surface area contributed by atoms with Gasteiger partial charge in [0.15, 0.2) is 0 Å². The van der Waals surface area contributed by atoms with Crippen LogP contribution in [-0.4, -0.2) is 50.8 Å². The Balaban J connectivity index is 3.79. The second-order valence-corrected chi connectivity index (χ2v) is 4.21. The van der Waals surface area contributed by atoms with Crippen molar-refractivity contribution in [2.45, 2.75) is 38.8 Å². The lowest BCUT2D eigenvalue weighted by molar-refractivity contribution is 0.114. The molecule has 94 valence electrons. The lowest BCUT2D eigenvalue weighted by Gasteiger charge is -2.24. The summed E-state index contributed by atoms with van der Waals surface area (Å²) in [5.74, 6) is 0. The lowest BCUT2D eigenvalue weighted by Crippen LogP contribution is -2.37. The van der Waals surface area contributed by atoms with Gasteiger partial charge in [0.2, 0.25) is 0 Å². The Kier molecular flexibility index (Phi) is 9.21. The minimum absolute atomic E-state index is 0.0304. The molecule has 0 aliphatic heterocycles. The van der Waals surface area contributed by atoms with Gasteiger partial charge in [-0.2, -0.15) is 5.26 Å². The van der Waals surface area contributed by atoms with E-state index in [-0.39, 0.29) is 6.04 Å². The van der Waals surface area contributed by atoms with Crippen LogP contribution in [0.4, 0.5) is 0 Å². The van der Waals surface area contributed by atoms with Crippen molar-refractivity contribution in [3.8, 4) is 6.07 Å². The van der Waals surface area contributed by atoms with Crippen LogP contribution in [0.5, 0.6) is 0 Å². The van der Waals surface area contributed by atoms with Gasteiger partial charge >= 0.3 is 0 Å². The largest absolute Gasteiger partial charge is 0.383 e. The second kappa shape index (κ2) is 9.59. The molecule has 0 amide bonds. The summed E-state index contributed by atoms with van der Waals surface area (Å²) in [7, 11) is 3.78. The number of likely N-dealkylation sites (N-methyl/N-ethyl adjacent to an activating group) is 1. The van der Waals surface area contributed by atoms with E-state index in [9.17, 15) is 0 Å². The van der Waals surface area contributed by atoms with Gasteiger partial charge in [-0.15, -0.1) is 0 Å². The number of hydrogen-bond acceptors (Lipinski definition) is 4. The summed E-state index contributed by atoms with van der Waals surface area (Å²) in [5.41, 5.74) is 0. The first kappa shape index (κ1) is 15.4. The molecular weight excluding hydrogens is 202 g/mol. The maximum absolute atomic E-state index is 8.95. The molecule has 4 heteroatoms. The average molecular weight is 227 g/mol. The maximum atomic E-state index is 8.95. The van der Waals surface area contributed by atoms with Crippen molar-refractivity contribution >= 4 is 0 Å². The topological polar surface area (TPSA) is 48.3 Å². The van der Waals surface area contributed by atoms with Gasteiger partial charge in [-0.1, -0.05) is 6.92 Å². The Hall–Kier alpha value is -0.630. The van der Waals surface area contributed by atoms with E-state index in [1.54, 1.807) is 7.11 Å². The van der Waals surface area contributed by atoms with E-state index < -0.39 is 0 Å². The molecular formula is C12H25N3O.